The molecule has 0 aromatic carbocycles. The summed E-state index contributed by atoms with van der Waals surface area (Å²) in [6.45, 7) is 0.998. The predicted molar refractivity (Wildman–Crippen MR) is 53.5 cm³/mol. The van der Waals surface area contributed by atoms with E-state index in [0.717, 1.165) is 0 Å². The summed E-state index contributed by atoms with van der Waals surface area (Å²) in [5.74, 6) is -0.894. The van der Waals surface area contributed by atoms with Gasteiger partial charge in [0.1, 0.15) is 0 Å². The van der Waals surface area contributed by atoms with E-state index in [9.17, 15) is 18.4 Å². The molecule has 0 saturated carbocycles. The van der Waals surface area contributed by atoms with Crippen LogP contribution in [0.1, 0.15) is 26.2 Å². The summed E-state index contributed by atoms with van der Waals surface area (Å²) >= 11 is 0. The number of hydrogen-bond acceptors (Lipinski definition) is 2. The molecule has 0 bridgehead atoms. The SMILES string of the molecule is CC(CCCC(=O)O)NC(=O)NCC(F)F. The van der Waals surface area contributed by atoms with E-state index in [1.54, 1.807) is 6.92 Å². The highest BCUT2D eigenvalue weighted by Gasteiger charge is 2.09. The maximum Gasteiger partial charge on any atom is 0.315 e. The van der Waals surface area contributed by atoms with Crippen LogP contribution in [0, 0.1) is 0 Å². The Labute approximate surface area is 92.2 Å². The van der Waals surface area contributed by atoms with Crippen LogP contribution in [0.4, 0.5) is 13.6 Å². The van der Waals surface area contributed by atoms with E-state index in [2.05, 4.69) is 5.32 Å². The van der Waals surface area contributed by atoms with Crippen LogP contribution in [0.2, 0.25) is 0 Å². The van der Waals surface area contributed by atoms with Gasteiger partial charge in [0.2, 0.25) is 0 Å². The third-order valence-corrected chi connectivity index (χ3v) is 1.82. The number of urea groups is 1. The molecule has 0 spiro atoms. The monoisotopic (exact) mass is 238 g/mol. The Morgan fingerprint density at radius 2 is 2.00 bits per heavy atom. The van der Waals surface area contributed by atoms with Gasteiger partial charge in [-0.05, 0) is 19.8 Å². The molecule has 0 fully saturated rings. The molecular weight excluding hydrogens is 222 g/mol. The van der Waals surface area contributed by atoms with Crippen molar-refractivity contribution < 1.29 is 23.5 Å². The first kappa shape index (κ1) is 14.6. The van der Waals surface area contributed by atoms with Gasteiger partial charge in [-0.25, -0.2) is 13.6 Å². The smallest absolute Gasteiger partial charge is 0.315 e. The molecule has 1 atom stereocenters. The zero-order chi connectivity index (χ0) is 12.6. The lowest BCUT2D eigenvalue weighted by atomic mass is 10.1. The van der Waals surface area contributed by atoms with Crippen molar-refractivity contribution in [3.8, 4) is 0 Å². The second-order valence-electron chi connectivity index (χ2n) is 3.43. The van der Waals surface area contributed by atoms with Crippen LogP contribution in [0.25, 0.3) is 0 Å². The zero-order valence-electron chi connectivity index (χ0n) is 9.00. The summed E-state index contributed by atoms with van der Waals surface area (Å²) in [4.78, 5) is 21.2. The Kier molecular flexibility index (Phi) is 7.15. The van der Waals surface area contributed by atoms with E-state index in [1.165, 1.54) is 0 Å². The van der Waals surface area contributed by atoms with E-state index < -0.39 is 25.0 Å². The van der Waals surface area contributed by atoms with Gasteiger partial charge in [-0.15, -0.1) is 0 Å². The fourth-order valence-electron chi connectivity index (χ4n) is 1.08. The molecule has 0 aliphatic carbocycles. The number of rotatable bonds is 7. The largest absolute Gasteiger partial charge is 0.481 e. The van der Waals surface area contributed by atoms with Gasteiger partial charge in [0.25, 0.3) is 6.43 Å². The van der Waals surface area contributed by atoms with E-state index in [0.29, 0.717) is 12.8 Å². The molecule has 0 aliphatic heterocycles. The van der Waals surface area contributed by atoms with Crippen LogP contribution < -0.4 is 10.6 Å². The van der Waals surface area contributed by atoms with Crippen molar-refractivity contribution >= 4 is 12.0 Å². The van der Waals surface area contributed by atoms with Gasteiger partial charge in [0, 0.05) is 12.5 Å². The lowest BCUT2D eigenvalue weighted by Gasteiger charge is -2.13. The Hall–Kier alpha value is -1.40. The molecule has 94 valence electrons. The molecule has 16 heavy (non-hydrogen) atoms. The second-order valence-corrected chi connectivity index (χ2v) is 3.43. The summed E-state index contributed by atoms with van der Waals surface area (Å²) < 4.78 is 23.4. The highest BCUT2D eigenvalue weighted by atomic mass is 19.3. The fourth-order valence-corrected chi connectivity index (χ4v) is 1.08. The van der Waals surface area contributed by atoms with Crippen molar-refractivity contribution in [3.05, 3.63) is 0 Å². The number of hydrogen-bond donors (Lipinski definition) is 3. The standard InChI is InChI=1S/C9H16F2N2O3/c1-6(3-2-4-8(14)15)13-9(16)12-5-7(10)11/h6-7H,2-5H2,1H3,(H,14,15)(H2,12,13,16). The van der Waals surface area contributed by atoms with Crippen molar-refractivity contribution in [1.82, 2.24) is 10.6 Å². The second kappa shape index (κ2) is 7.84. The molecule has 0 aliphatic rings. The van der Waals surface area contributed by atoms with Gasteiger partial charge < -0.3 is 15.7 Å². The number of aliphatic carboxylic acids is 1. The maximum atomic E-state index is 11.7. The maximum absolute atomic E-state index is 11.7. The fraction of sp³-hybridized carbons (Fsp3) is 0.778. The van der Waals surface area contributed by atoms with Crippen molar-refractivity contribution in [3.63, 3.8) is 0 Å². The summed E-state index contributed by atoms with van der Waals surface area (Å²) in [5.41, 5.74) is 0. The van der Waals surface area contributed by atoms with Crippen molar-refractivity contribution in [2.75, 3.05) is 6.54 Å². The number of carbonyl (C=O) groups is 2. The van der Waals surface area contributed by atoms with Crippen LogP contribution >= 0.6 is 0 Å². The highest BCUT2D eigenvalue weighted by Crippen LogP contribution is 2.00. The minimum Gasteiger partial charge on any atom is -0.481 e. The average molecular weight is 238 g/mol. The van der Waals surface area contributed by atoms with E-state index in [1.807, 2.05) is 5.32 Å². The third-order valence-electron chi connectivity index (χ3n) is 1.82. The first-order valence-corrected chi connectivity index (χ1v) is 4.96. The Morgan fingerprint density at radius 1 is 1.38 bits per heavy atom. The lowest BCUT2D eigenvalue weighted by molar-refractivity contribution is -0.137. The van der Waals surface area contributed by atoms with Crippen LogP contribution in [-0.2, 0) is 4.79 Å². The quantitative estimate of drug-likeness (QED) is 0.623. The molecule has 7 heteroatoms. The highest BCUT2D eigenvalue weighted by molar-refractivity contribution is 5.74. The number of halogens is 2. The summed E-state index contributed by atoms with van der Waals surface area (Å²) in [6.07, 6.45) is -1.61. The van der Waals surface area contributed by atoms with Gasteiger partial charge in [0.05, 0.1) is 6.54 Å². The van der Waals surface area contributed by atoms with Gasteiger partial charge in [-0.2, -0.15) is 0 Å². The number of carboxylic acid groups (broad SMARTS) is 1. The van der Waals surface area contributed by atoms with Crippen LogP contribution in [0.3, 0.4) is 0 Å². The van der Waals surface area contributed by atoms with Crippen LogP contribution in [0.15, 0.2) is 0 Å². The van der Waals surface area contributed by atoms with E-state index >= 15 is 0 Å². The average Bonchev–Trinajstić information content (AvgIpc) is 2.14. The number of amides is 2. The van der Waals surface area contributed by atoms with E-state index in [-0.39, 0.29) is 12.5 Å². The first-order chi connectivity index (χ1) is 7.41. The van der Waals surface area contributed by atoms with Crippen molar-refractivity contribution in [1.29, 1.82) is 0 Å². The van der Waals surface area contributed by atoms with Gasteiger partial charge in [0.15, 0.2) is 0 Å². The molecule has 1 unspecified atom stereocenters. The van der Waals surface area contributed by atoms with Gasteiger partial charge in [-0.1, -0.05) is 0 Å². The van der Waals surface area contributed by atoms with Crippen LogP contribution in [-0.4, -0.2) is 36.1 Å². The molecule has 2 amide bonds. The molecular formula is C9H16F2N2O3. The molecule has 0 rings (SSSR count). The lowest BCUT2D eigenvalue weighted by Crippen LogP contribution is -2.42. The molecule has 0 radical (unpaired) electrons. The first-order valence-electron chi connectivity index (χ1n) is 4.96. The minimum absolute atomic E-state index is 0.0324. The Morgan fingerprint density at radius 3 is 2.50 bits per heavy atom. The molecule has 0 heterocycles. The number of alkyl halides is 2. The van der Waals surface area contributed by atoms with Gasteiger partial charge in [-0.3, -0.25) is 4.79 Å². The number of nitrogens with one attached hydrogen (secondary N) is 2. The summed E-state index contributed by atoms with van der Waals surface area (Å²) in [5, 5.41) is 12.8. The Balaban J connectivity index is 3.57. The predicted octanol–water partition coefficient (Wildman–Crippen LogP) is 1.19. The topological polar surface area (TPSA) is 78.4 Å². The molecule has 0 saturated heterocycles. The summed E-state index contributed by atoms with van der Waals surface area (Å²) in [7, 11) is 0. The van der Waals surface area contributed by atoms with Crippen LogP contribution in [0.5, 0.6) is 0 Å². The zero-order valence-corrected chi connectivity index (χ0v) is 9.00. The minimum atomic E-state index is -2.58. The molecule has 5 nitrogen and oxygen atoms in total. The van der Waals surface area contributed by atoms with E-state index in [4.69, 9.17) is 5.11 Å². The van der Waals surface area contributed by atoms with Crippen molar-refractivity contribution in [2.45, 2.75) is 38.7 Å². The summed E-state index contributed by atoms with van der Waals surface area (Å²) in [6, 6.07) is -0.903. The Bertz CT molecular complexity index is 237. The number of carboxylic acids is 1. The van der Waals surface area contributed by atoms with Gasteiger partial charge >= 0.3 is 12.0 Å². The van der Waals surface area contributed by atoms with Crippen molar-refractivity contribution in [2.24, 2.45) is 0 Å². The molecule has 0 aromatic rings. The molecule has 0 aromatic heterocycles. The normalized spacial score (nSPS) is 12.2. The molecule has 3 N–H and O–H groups in total. The third kappa shape index (κ3) is 9.17. The number of carbonyl (C=O) groups excluding carboxylic acids is 1.